The first-order valence-corrected chi connectivity index (χ1v) is 6.79. The third-order valence-corrected chi connectivity index (χ3v) is 2.98. The fraction of sp³-hybridized carbons (Fsp3) is 0.0667. The zero-order valence-corrected chi connectivity index (χ0v) is 11.6. The van der Waals surface area contributed by atoms with Gasteiger partial charge in [0.2, 0.25) is 11.6 Å². The van der Waals surface area contributed by atoms with Gasteiger partial charge in [-0.15, -0.1) is 0 Å². The number of carbonyl (C=O) groups excluding carboxylic acids is 2. The molecule has 0 atom stereocenters. The number of hydrogen-bond donors (Lipinski definition) is 0. The Kier molecular flexibility index (Phi) is 4.47. The predicted molar refractivity (Wildman–Crippen MR) is 76.1 cm³/mol. The van der Waals surface area contributed by atoms with E-state index < -0.39 is 11.6 Å². The number of para-hydroxylation sites is 1. The van der Waals surface area contributed by atoms with Crippen LogP contribution in [0.2, 0.25) is 0 Å². The van der Waals surface area contributed by atoms with Crippen molar-refractivity contribution in [2.45, 2.75) is 0 Å². The van der Waals surface area contributed by atoms with Crippen LogP contribution in [0.4, 0.5) is 0 Å². The van der Waals surface area contributed by atoms with Crippen LogP contribution in [0.5, 0.6) is 11.5 Å². The molecule has 2 aromatic carbocycles. The second-order valence-electron chi connectivity index (χ2n) is 3.83. The molecule has 0 spiro atoms. The topological polar surface area (TPSA) is 43.4 Å². The predicted octanol–water partition coefficient (Wildman–Crippen LogP) is 3.63. The maximum Gasteiger partial charge on any atom is 0.229 e. The van der Waals surface area contributed by atoms with Gasteiger partial charge in [-0.3, -0.25) is 9.59 Å². The number of rotatable bonds is 5. The molecule has 0 bridgehead atoms. The lowest BCUT2D eigenvalue weighted by Gasteiger charge is -2.05. The first kappa shape index (κ1) is 13.5. The van der Waals surface area contributed by atoms with Crippen molar-refractivity contribution >= 4 is 27.5 Å². The Labute approximate surface area is 119 Å². The van der Waals surface area contributed by atoms with Crippen LogP contribution in [0.15, 0.2) is 54.6 Å². The van der Waals surface area contributed by atoms with Crippen LogP contribution in [0.25, 0.3) is 0 Å². The van der Waals surface area contributed by atoms with Crippen molar-refractivity contribution in [3.63, 3.8) is 0 Å². The first-order chi connectivity index (χ1) is 9.20. The summed E-state index contributed by atoms with van der Waals surface area (Å²) in [7, 11) is 0. The average molecular weight is 319 g/mol. The Morgan fingerprint density at radius 2 is 1.47 bits per heavy atom. The van der Waals surface area contributed by atoms with Gasteiger partial charge in [-0.2, -0.15) is 0 Å². The highest BCUT2D eigenvalue weighted by molar-refractivity contribution is 9.09. The van der Waals surface area contributed by atoms with Crippen molar-refractivity contribution in [1.29, 1.82) is 0 Å². The van der Waals surface area contributed by atoms with Crippen LogP contribution in [0.1, 0.15) is 10.4 Å². The van der Waals surface area contributed by atoms with Crippen molar-refractivity contribution in [2.24, 2.45) is 0 Å². The zero-order chi connectivity index (χ0) is 13.7. The summed E-state index contributed by atoms with van der Waals surface area (Å²) in [5, 5.41) is 0.0358. The quantitative estimate of drug-likeness (QED) is 0.480. The zero-order valence-electron chi connectivity index (χ0n) is 10.0. The van der Waals surface area contributed by atoms with E-state index in [1.165, 1.54) is 0 Å². The van der Waals surface area contributed by atoms with Crippen LogP contribution >= 0.6 is 15.9 Å². The van der Waals surface area contributed by atoms with Gasteiger partial charge in [-0.25, -0.2) is 0 Å². The van der Waals surface area contributed by atoms with E-state index in [4.69, 9.17) is 4.74 Å². The van der Waals surface area contributed by atoms with Gasteiger partial charge in [0.1, 0.15) is 11.5 Å². The highest BCUT2D eigenvalue weighted by Gasteiger charge is 2.14. The van der Waals surface area contributed by atoms with Gasteiger partial charge in [0, 0.05) is 5.56 Å². The minimum absolute atomic E-state index is 0.0358. The Bertz CT molecular complexity index is 576. The fourth-order valence-electron chi connectivity index (χ4n) is 1.52. The van der Waals surface area contributed by atoms with Gasteiger partial charge in [0.05, 0.1) is 5.33 Å². The van der Waals surface area contributed by atoms with Gasteiger partial charge < -0.3 is 4.74 Å². The average Bonchev–Trinajstić information content (AvgIpc) is 2.47. The summed E-state index contributed by atoms with van der Waals surface area (Å²) in [6.07, 6.45) is 0. The summed E-state index contributed by atoms with van der Waals surface area (Å²) in [5.41, 5.74) is 0.366. The Balaban J connectivity index is 2.11. The molecule has 0 radical (unpaired) electrons. The number of benzene rings is 2. The van der Waals surface area contributed by atoms with E-state index in [1.54, 1.807) is 24.3 Å². The largest absolute Gasteiger partial charge is 0.457 e. The van der Waals surface area contributed by atoms with Gasteiger partial charge >= 0.3 is 0 Å². The van der Waals surface area contributed by atoms with E-state index in [2.05, 4.69) is 15.9 Å². The number of Topliss-reactive ketones (excluding diaryl/α,β-unsaturated/α-hetero) is 2. The SMILES string of the molecule is O=C(CBr)C(=O)c1ccc(Oc2ccccc2)cc1. The third-order valence-electron chi connectivity index (χ3n) is 2.47. The van der Waals surface area contributed by atoms with Crippen molar-refractivity contribution < 1.29 is 14.3 Å². The Morgan fingerprint density at radius 3 is 2.05 bits per heavy atom. The van der Waals surface area contributed by atoms with Crippen molar-refractivity contribution in [2.75, 3.05) is 5.33 Å². The van der Waals surface area contributed by atoms with Gasteiger partial charge in [-0.05, 0) is 36.4 Å². The summed E-state index contributed by atoms with van der Waals surface area (Å²) in [6, 6.07) is 15.8. The summed E-state index contributed by atoms with van der Waals surface area (Å²) < 4.78 is 5.59. The molecule has 0 unspecified atom stereocenters. The molecule has 0 N–H and O–H groups in total. The van der Waals surface area contributed by atoms with Crippen LogP contribution in [0, 0.1) is 0 Å². The van der Waals surface area contributed by atoms with E-state index >= 15 is 0 Å². The summed E-state index contributed by atoms with van der Waals surface area (Å²) in [4.78, 5) is 22.9. The van der Waals surface area contributed by atoms with Crippen LogP contribution < -0.4 is 4.74 Å². The molecule has 2 aromatic rings. The molecular formula is C15H11BrO3. The minimum Gasteiger partial charge on any atom is -0.457 e. The van der Waals surface area contributed by atoms with Gasteiger partial charge in [0.15, 0.2) is 0 Å². The Hall–Kier alpha value is -1.94. The minimum atomic E-state index is -0.497. The van der Waals surface area contributed by atoms with E-state index in [0.717, 1.165) is 5.75 Å². The lowest BCUT2D eigenvalue weighted by molar-refractivity contribution is -0.112. The van der Waals surface area contributed by atoms with E-state index in [0.29, 0.717) is 11.3 Å². The molecule has 0 aliphatic carbocycles. The maximum absolute atomic E-state index is 11.6. The fourth-order valence-corrected chi connectivity index (χ4v) is 1.78. The molecule has 0 saturated carbocycles. The molecule has 19 heavy (non-hydrogen) atoms. The second-order valence-corrected chi connectivity index (χ2v) is 4.39. The normalized spacial score (nSPS) is 9.95. The molecule has 0 aliphatic rings. The van der Waals surface area contributed by atoms with Crippen LogP contribution in [-0.4, -0.2) is 16.9 Å². The lowest BCUT2D eigenvalue weighted by Crippen LogP contribution is -2.14. The maximum atomic E-state index is 11.6. The summed E-state index contributed by atoms with van der Waals surface area (Å²) in [5.74, 6) is 0.381. The molecule has 96 valence electrons. The molecule has 0 amide bonds. The number of ether oxygens (including phenoxy) is 1. The van der Waals surface area contributed by atoms with E-state index in [1.807, 2.05) is 30.3 Å². The molecule has 0 aliphatic heterocycles. The first-order valence-electron chi connectivity index (χ1n) is 5.67. The lowest BCUT2D eigenvalue weighted by atomic mass is 10.1. The van der Waals surface area contributed by atoms with Crippen LogP contribution in [0.3, 0.4) is 0 Å². The van der Waals surface area contributed by atoms with Crippen molar-refractivity contribution in [3.05, 3.63) is 60.2 Å². The highest BCUT2D eigenvalue weighted by Crippen LogP contribution is 2.21. The highest BCUT2D eigenvalue weighted by atomic mass is 79.9. The van der Waals surface area contributed by atoms with Gasteiger partial charge in [-0.1, -0.05) is 34.1 Å². The van der Waals surface area contributed by atoms with Gasteiger partial charge in [0.25, 0.3) is 0 Å². The molecule has 0 heterocycles. The molecule has 0 saturated heterocycles. The molecular weight excluding hydrogens is 308 g/mol. The monoisotopic (exact) mass is 318 g/mol. The molecule has 0 aromatic heterocycles. The third kappa shape index (κ3) is 3.51. The van der Waals surface area contributed by atoms with E-state index in [9.17, 15) is 9.59 Å². The second kappa shape index (κ2) is 6.29. The molecule has 2 rings (SSSR count). The molecule has 0 fully saturated rings. The van der Waals surface area contributed by atoms with Crippen molar-refractivity contribution in [1.82, 2.24) is 0 Å². The molecule has 3 nitrogen and oxygen atoms in total. The number of halogens is 1. The van der Waals surface area contributed by atoms with Crippen molar-refractivity contribution in [3.8, 4) is 11.5 Å². The Morgan fingerprint density at radius 1 is 0.895 bits per heavy atom. The number of hydrogen-bond acceptors (Lipinski definition) is 3. The van der Waals surface area contributed by atoms with E-state index in [-0.39, 0.29) is 5.33 Å². The smallest absolute Gasteiger partial charge is 0.229 e. The number of alkyl halides is 1. The number of ketones is 2. The summed E-state index contributed by atoms with van der Waals surface area (Å²) >= 11 is 2.98. The molecule has 4 heteroatoms. The van der Waals surface area contributed by atoms with Crippen LogP contribution in [-0.2, 0) is 4.79 Å². The summed E-state index contributed by atoms with van der Waals surface area (Å²) in [6.45, 7) is 0. The number of carbonyl (C=O) groups is 2. The standard InChI is InChI=1S/C15H11BrO3/c16-10-14(17)15(18)11-6-8-13(9-7-11)19-12-4-2-1-3-5-12/h1-9H,10H2.